The van der Waals surface area contributed by atoms with Crippen LogP contribution in [-0.4, -0.2) is 47.0 Å². The lowest BCUT2D eigenvalue weighted by Gasteiger charge is -2.61. The van der Waals surface area contributed by atoms with Crippen LogP contribution in [0.4, 0.5) is 14.5 Å². The summed E-state index contributed by atoms with van der Waals surface area (Å²) in [6.45, 7) is 9.91. The van der Waals surface area contributed by atoms with E-state index in [1.54, 1.807) is 39.4 Å². The average molecular weight is 517 g/mol. The van der Waals surface area contributed by atoms with Crippen LogP contribution in [0.5, 0.6) is 0 Å². The average Bonchev–Trinajstić information content (AvgIpc) is 2.86. The third kappa shape index (κ3) is 4.84. The minimum absolute atomic E-state index is 0.210. The number of carbonyl (C=O) groups excluding carboxylic acids is 1. The van der Waals surface area contributed by atoms with Crippen LogP contribution in [0.2, 0.25) is 0 Å². The zero-order valence-corrected chi connectivity index (χ0v) is 21.7. The monoisotopic (exact) mass is 516 g/mol. The topological polar surface area (TPSA) is 85.2 Å². The second-order valence-corrected chi connectivity index (χ2v) is 11.0. The zero-order chi connectivity index (χ0) is 27.1. The summed E-state index contributed by atoms with van der Waals surface area (Å²) in [5.41, 5.74) is 2.70. The van der Waals surface area contributed by atoms with Crippen LogP contribution in [0.3, 0.4) is 0 Å². The highest BCUT2D eigenvalue weighted by Gasteiger charge is 2.51. The summed E-state index contributed by atoms with van der Waals surface area (Å²) < 4.78 is 27.7. The van der Waals surface area contributed by atoms with Crippen LogP contribution in [0.1, 0.15) is 43.2 Å². The molecular weight excluding hydrogens is 486 g/mol. The SMILES string of the molecule is CC(C)C(=O)N[C@@](C)(c1ccc(F)c(F)c1)c1ccc(CN2CC3(C2)CN(c2cncc(C#N)c2)C3)cn1. The van der Waals surface area contributed by atoms with Crippen LogP contribution in [0, 0.1) is 34.3 Å². The van der Waals surface area contributed by atoms with E-state index in [9.17, 15) is 13.6 Å². The lowest BCUT2D eigenvalue weighted by atomic mass is 9.72. The smallest absolute Gasteiger partial charge is 0.223 e. The largest absolute Gasteiger partial charge is 0.369 e. The van der Waals surface area contributed by atoms with E-state index < -0.39 is 17.2 Å². The maximum atomic E-state index is 14.1. The molecule has 1 N–H and O–H groups in total. The van der Waals surface area contributed by atoms with Crippen LogP contribution in [0.25, 0.3) is 0 Å². The molecule has 1 spiro atoms. The van der Waals surface area contributed by atoms with Crippen LogP contribution >= 0.6 is 0 Å². The molecule has 3 aromatic rings. The molecule has 2 aromatic heterocycles. The Bertz CT molecular complexity index is 1390. The molecule has 2 fully saturated rings. The third-order valence-electron chi connectivity index (χ3n) is 7.53. The molecule has 1 aromatic carbocycles. The van der Waals surface area contributed by atoms with Gasteiger partial charge < -0.3 is 10.2 Å². The maximum Gasteiger partial charge on any atom is 0.223 e. The van der Waals surface area contributed by atoms with Crippen molar-refractivity contribution in [3.63, 3.8) is 0 Å². The van der Waals surface area contributed by atoms with Crippen molar-refractivity contribution in [2.24, 2.45) is 11.3 Å². The fraction of sp³-hybridized carbons (Fsp3) is 0.379. The van der Waals surface area contributed by atoms with Gasteiger partial charge in [-0.05, 0) is 42.3 Å². The fourth-order valence-corrected chi connectivity index (χ4v) is 5.38. The van der Waals surface area contributed by atoms with Gasteiger partial charge in [0.05, 0.1) is 23.1 Å². The van der Waals surface area contributed by atoms with Crippen molar-refractivity contribution >= 4 is 11.6 Å². The lowest BCUT2D eigenvalue weighted by molar-refractivity contribution is -0.125. The number of hydrogen-bond donors (Lipinski definition) is 1. The molecule has 2 saturated heterocycles. The van der Waals surface area contributed by atoms with Gasteiger partial charge in [-0.2, -0.15) is 5.26 Å². The summed E-state index contributed by atoms with van der Waals surface area (Å²) in [5.74, 6) is -2.41. The van der Waals surface area contributed by atoms with E-state index >= 15 is 0 Å². The first-order chi connectivity index (χ1) is 18.1. The number of pyridine rings is 2. The van der Waals surface area contributed by atoms with E-state index in [0.717, 1.165) is 56.1 Å². The van der Waals surface area contributed by atoms with Gasteiger partial charge in [-0.3, -0.25) is 19.7 Å². The summed E-state index contributed by atoms with van der Waals surface area (Å²) in [5, 5.41) is 12.1. The summed E-state index contributed by atoms with van der Waals surface area (Å²) >= 11 is 0. The lowest BCUT2D eigenvalue weighted by Crippen LogP contribution is -2.72. The molecule has 196 valence electrons. The standard InChI is InChI=1S/C29H30F2N6O/c1-19(2)27(38)35-28(3,22-5-6-24(30)25(31)9-22)26-7-4-20(12-34-26)14-36-15-29(16-36)17-37(18-29)23-8-21(10-32)11-33-13-23/h4-9,11-13,19H,14-18H2,1-3H3,(H,35,38)/t28-/m0/s1. The molecule has 7 nitrogen and oxygen atoms in total. The first-order valence-electron chi connectivity index (χ1n) is 12.7. The molecule has 38 heavy (non-hydrogen) atoms. The minimum atomic E-state index is -1.12. The van der Waals surface area contributed by atoms with Crippen molar-refractivity contribution in [3.05, 3.63) is 89.0 Å². The first kappa shape index (κ1) is 25.7. The second kappa shape index (κ2) is 9.76. The molecule has 0 unspecified atom stereocenters. The highest BCUT2D eigenvalue weighted by Crippen LogP contribution is 2.42. The van der Waals surface area contributed by atoms with Crippen molar-refractivity contribution in [1.29, 1.82) is 5.26 Å². The molecule has 0 bridgehead atoms. The Hall–Kier alpha value is -3.90. The van der Waals surface area contributed by atoms with Gasteiger partial charge in [-0.15, -0.1) is 0 Å². The number of amides is 1. The molecule has 1 atom stereocenters. The van der Waals surface area contributed by atoms with Gasteiger partial charge in [0.1, 0.15) is 11.6 Å². The van der Waals surface area contributed by atoms with Crippen molar-refractivity contribution in [2.75, 3.05) is 31.1 Å². The number of anilines is 1. The Labute approximate surface area is 221 Å². The second-order valence-electron chi connectivity index (χ2n) is 11.0. The Balaban J connectivity index is 1.24. The number of benzene rings is 1. The number of carbonyl (C=O) groups is 1. The molecule has 2 aliphatic heterocycles. The van der Waals surface area contributed by atoms with Crippen LogP contribution < -0.4 is 10.2 Å². The molecule has 2 aliphatic rings. The molecule has 4 heterocycles. The molecule has 0 radical (unpaired) electrons. The normalized spacial score (nSPS) is 17.9. The molecule has 9 heteroatoms. The van der Waals surface area contributed by atoms with Gasteiger partial charge in [0, 0.05) is 56.5 Å². The van der Waals surface area contributed by atoms with Crippen molar-refractivity contribution in [3.8, 4) is 6.07 Å². The number of nitrogens with one attached hydrogen (secondary N) is 1. The fourth-order valence-electron chi connectivity index (χ4n) is 5.38. The summed E-state index contributed by atoms with van der Waals surface area (Å²) in [6.07, 6.45) is 5.16. The highest BCUT2D eigenvalue weighted by atomic mass is 19.2. The molecular formula is C29H30F2N6O. The predicted molar refractivity (Wildman–Crippen MR) is 139 cm³/mol. The van der Waals surface area contributed by atoms with E-state index in [1.807, 2.05) is 18.2 Å². The number of aromatic nitrogens is 2. The van der Waals surface area contributed by atoms with Gasteiger partial charge in [0.25, 0.3) is 0 Å². The van der Waals surface area contributed by atoms with Gasteiger partial charge in [0.2, 0.25) is 5.91 Å². The summed E-state index contributed by atoms with van der Waals surface area (Å²) in [7, 11) is 0. The quantitative estimate of drug-likeness (QED) is 0.511. The molecule has 0 aliphatic carbocycles. The summed E-state index contributed by atoms with van der Waals surface area (Å²) in [6, 6.07) is 11.5. The van der Waals surface area contributed by atoms with Gasteiger partial charge in [-0.1, -0.05) is 26.0 Å². The van der Waals surface area contributed by atoms with Gasteiger partial charge >= 0.3 is 0 Å². The molecule has 0 saturated carbocycles. The van der Waals surface area contributed by atoms with E-state index in [-0.39, 0.29) is 17.2 Å². The summed E-state index contributed by atoms with van der Waals surface area (Å²) in [4.78, 5) is 26.0. The van der Waals surface area contributed by atoms with Gasteiger partial charge in [0.15, 0.2) is 11.6 Å². The maximum absolute atomic E-state index is 14.1. The van der Waals surface area contributed by atoms with Crippen LogP contribution in [0.15, 0.2) is 55.0 Å². The molecule has 1 amide bonds. The van der Waals surface area contributed by atoms with E-state index in [4.69, 9.17) is 5.26 Å². The Morgan fingerprint density at radius 1 is 1.11 bits per heavy atom. The Morgan fingerprint density at radius 3 is 2.50 bits per heavy atom. The first-order valence-corrected chi connectivity index (χ1v) is 12.7. The number of halogens is 2. The number of rotatable bonds is 7. The van der Waals surface area contributed by atoms with Crippen molar-refractivity contribution in [1.82, 2.24) is 20.2 Å². The van der Waals surface area contributed by atoms with E-state index in [0.29, 0.717) is 16.8 Å². The highest BCUT2D eigenvalue weighted by molar-refractivity contribution is 5.79. The number of nitriles is 1. The number of likely N-dealkylation sites (tertiary alicyclic amines) is 1. The minimum Gasteiger partial charge on any atom is -0.369 e. The Kier molecular flexibility index (Phi) is 6.61. The van der Waals surface area contributed by atoms with Crippen molar-refractivity contribution < 1.29 is 13.6 Å². The van der Waals surface area contributed by atoms with Crippen LogP contribution in [-0.2, 0) is 16.9 Å². The van der Waals surface area contributed by atoms with E-state index in [2.05, 4.69) is 31.2 Å². The number of hydrogen-bond acceptors (Lipinski definition) is 6. The zero-order valence-electron chi connectivity index (χ0n) is 21.7. The predicted octanol–water partition coefficient (Wildman–Crippen LogP) is 3.98. The molecule has 5 rings (SSSR count). The van der Waals surface area contributed by atoms with E-state index in [1.165, 1.54) is 6.07 Å². The van der Waals surface area contributed by atoms with Crippen molar-refractivity contribution in [2.45, 2.75) is 32.9 Å². The number of nitrogens with zero attached hydrogens (tertiary/aromatic N) is 5. The third-order valence-corrected chi connectivity index (χ3v) is 7.53. The van der Waals surface area contributed by atoms with Gasteiger partial charge in [-0.25, -0.2) is 8.78 Å². The Morgan fingerprint density at radius 2 is 1.87 bits per heavy atom.